The number of hydrogen-bond donors (Lipinski definition) is 3. The van der Waals surface area contributed by atoms with Crippen LogP contribution in [0.3, 0.4) is 0 Å². The number of nitrogens with one attached hydrogen (secondary N) is 1. The minimum atomic E-state index is -0.888. The van der Waals surface area contributed by atoms with E-state index in [1.165, 1.54) is 0 Å². The van der Waals surface area contributed by atoms with Crippen molar-refractivity contribution in [1.82, 2.24) is 14.5 Å². The van der Waals surface area contributed by atoms with E-state index in [4.69, 9.17) is 0 Å². The number of amides is 2. The highest BCUT2D eigenvalue weighted by molar-refractivity contribution is 6.31. The van der Waals surface area contributed by atoms with Crippen molar-refractivity contribution < 1.29 is 29.4 Å². The van der Waals surface area contributed by atoms with Crippen LogP contribution in [-0.4, -0.2) is 60.7 Å². The predicted octanol–water partition coefficient (Wildman–Crippen LogP) is 3.72. The van der Waals surface area contributed by atoms with E-state index in [0.717, 1.165) is 98.0 Å². The molecule has 0 spiro atoms. The molecule has 0 bridgehead atoms. The molecule has 0 saturated carbocycles. The maximum absolute atomic E-state index is 13.2. The normalized spacial score (nSPS) is 18.7. The molecule has 3 N–H and O–H groups in total. The molecule has 2 aromatic rings. The van der Waals surface area contributed by atoms with Crippen molar-refractivity contribution in [2.24, 2.45) is 4.99 Å². The lowest BCUT2D eigenvalue weighted by Gasteiger charge is -2.18. The fourth-order valence-corrected chi connectivity index (χ4v) is 7.62. The number of carboxylic acid groups (broad SMARTS) is 2. The van der Waals surface area contributed by atoms with Gasteiger partial charge in [-0.3, -0.25) is 19.2 Å². The Morgan fingerprint density at radius 1 is 0.957 bits per heavy atom. The lowest BCUT2D eigenvalue weighted by Crippen LogP contribution is -2.28. The Labute approximate surface area is 267 Å². The van der Waals surface area contributed by atoms with Crippen LogP contribution in [0.15, 0.2) is 33.0 Å². The van der Waals surface area contributed by atoms with Crippen LogP contribution in [0, 0.1) is 6.92 Å². The number of rotatable bonds is 9. The Balaban J connectivity index is 1.58. The molecule has 4 aliphatic rings. The molecule has 2 amide bonds. The highest BCUT2D eigenvalue weighted by Crippen LogP contribution is 2.37. The van der Waals surface area contributed by atoms with Gasteiger partial charge in [0.15, 0.2) is 0 Å². The van der Waals surface area contributed by atoms with Crippen molar-refractivity contribution in [3.05, 3.63) is 72.3 Å². The number of aliphatic imine (C=N–C) groups is 1. The molecule has 1 aliphatic carbocycles. The molecule has 10 heteroatoms. The van der Waals surface area contributed by atoms with Crippen molar-refractivity contribution in [2.45, 2.75) is 92.0 Å². The van der Waals surface area contributed by atoms with Gasteiger partial charge in [0.1, 0.15) is 0 Å². The van der Waals surface area contributed by atoms with E-state index in [-0.39, 0.29) is 24.7 Å². The molecule has 0 radical (unpaired) electrons. The van der Waals surface area contributed by atoms with E-state index in [1.807, 2.05) is 44.7 Å². The molecule has 0 fully saturated rings. The minimum absolute atomic E-state index is 0.0201. The monoisotopic (exact) mass is 624 g/mol. The topological polar surface area (TPSA) is 145 Å². The summed E-state index contributed by atoms with van der Waals surface area (Å²) in [6.45, 7) is 8.91. The zero-order valence-electron chi connectivity index (χ0n) is 26.9. The van der Waals surface area contributed by atoms with Crippen LogP contribution < -0.4 is 10.7 Å². The third kappa shape index (κ3) is 5.29. The summed E-state index contributed by atoms with van der Waals surface area (Å²) in [5, 5.41) is 20.8. The SMILES string of the molecule is CCC1=C(C)C(=O)N2CCn3c(c(C)c(CCC(=O)O)c3/C=c3\[nH]/c4c(c3CCC(=O)O)CCCC3=C(CC)C(=O)N=C3\C=4)C=C12. The number of carboxylic acids is 2. The molecule has 0 unspecified atom stereocenters. The highest BCUT2D eigenvalue weighted by Gasteiger charge is 2.34. The summed E-state index contributed by atoms with van der Waals surface area (Å²) >= 11 is 0. The number of carbonyl (C=O) groups excluding carboxylic acids is 2. The van der Waals surface area contributed by atoms with E-state index in [2.05, 4.69) is 20.6 Å². The summed E-state index contributed by atoms with van der Waals surface area (Å²) < 4.78 is 2.17. The molecule has 0 saturated heterocycles. The number of hydrogen-bond acceptors (Lipinski definition) is 4. The van der Waals surface area contributed by atoms with Gasteiger partial charge in [-0.05, 0) is 110 Å². The van der Waals surface area contributed by atoms with E-state index in [9.17, 15) is 29.4 Å². The standard InChI is InChI=1S/C36H40N4O6/c1-5-21-20(4)36(46)40-15-14-39-30(18-32(21)40)19(3)23(10-12-33(41)42)31(39)17-29-26(11-13-34(43)44)25-9-7-8-24-22(6-2)35(45)38-28(24)16-27(25)37-29/h16-18,37H,5-15H2,1-4H3,(H,41,42)(H,43,44)/b27-16+,29-17-. The Morgan fingerprint density at radius 3 is 2.33 bits per heavy atom. The number of carbonyl (C=O) groups is 4. The largest absolute Gasteiger partial charge is 0.481 e. The summed E-state index contributed by atoms with van der Waals surface area (Å²) in [5.74, 6) is -1.94. The van der Waals surface area contributed by atoms with Gasteiger partial charge in [0.25, 0.3) is 11.8 Å². The molecule has 0 aromatic carbocycles. The fourth-order valence-electron chi connectivity index (χ4n) is 7.62. The molecule has 3 aliphatic heterocycles. The molecular formula is C36H40N4O6. The van der Waals surface area contributed by atoms with Gasteiger partial charge in [0.2, 0.25) is 0 Å². The smallest absolute Gasteiger partial charge is 0.303 e. The van der Waals surface area contributed by atoms with Gasteiger partial charge in [0, 0.05) is 64.9 Å². The van der Waals surface area contributed by atoms with Crippen molar-refractivity contribution >= 4 is 47.7 Å². The van der Waals surface area contributed by atoms with E-state index in [0.29, 0.717) is 38.1 Å². The number of aliphatic carboxylic acids is 2. The van der Waals surface area contributed by atoms with E-state index < -0.39 is 11.9 Å². The first kappa shape index (κ1) is 31.3. The summed E-state index contributed by atoms with van der Waals surface area (Å²) in [7, 11) is 0. The second-order valence-electron chi connectivity index (χ2n) is 12.4. The Morgan fingerprint density at radius 2 is 1.65 bits per heavy atom. The second kappa shape index (κ2) is 12.2. The molecule has 2 aromatic heterocycles. The number of nitrogens with zero attached hydrogens (tertiary/aromatic N) is 3. The molecule has 6 rings (SSSR count). The Bertz CT molecular complexity index is 1960. The molecule has 240 valence electrons. The van der Waals surface area contributed by atoms with Crippen molar-refractivity contribution in [3.63, 3.8) is 0 Å². The molecule has 46 heavy (non-hydrogen) atoms. The van der Waals surface area contributed by atoms with E-state index >= 15 is 0 Å². The minimum Gasteiger partial charge on any atom is -0.481 e. The lowest BCUT2D eigenvalue weighted by atomic mass is 9.92. The maximum Gasteiger partial charge on any atom is 0.303 e. The van der Waals surface area contributed by atoms with Crippen LogP contribution in [0.2, 0.25) is 0 Å². The second-order valence-corrected chi connectivity index (χ2v) is 12.4. The van der Waals surface area contributed by atoms with Crippen LogP contribution in [0.25, 0.3) is 18.2 Å². The quantitative estimate of drug-likeness (QED) is 0.388. The first-order chi connectivity index (χ1) is 22.0. The van der Waals surface area contributed by atoms with Crippen molar-refractivity contribution in [3.8, 4) is 0 Å². The molecule has 0 atom stereocenters. The summed E-state index contributed by atoms with van der Waals surface area (Å²) in [6, 6.07) is 0. The number of aromatic nitrogens is 2. The van der Waals surface area contributed by atoms with Gasteiger partial charge in [-0.2, -0.15) is 0 Å². The lowest BCUT2D eigenvalue weighted by molar-refractivity contribution is -0.138. The van der Waals surface area contributed by atoms with Crippen LogP contribution in [0.5, 0.6) is 0 Å². The van der Waals surface area contributed by atoms with Gasteiger partial charge in [-0.25, -0.2) is 4.99 Å². The zero-order chi connectivity index (χ0) is 32.9. The van der Waals surface area contributed by atoms with Gasteiger partial charge >= 0.3 is 11.9 Å². The fraction of sp³-hybridized carbons (Fsp3) is 0.417. The van der Waals surface area contributed by atoms with Gasteiger partial charge in [-0.15, -0.1) is 0 Å². The average molecular weight is 625 g/mol. The molecular weight excluding hydrogens is 584 g/mol. The first-order valence-corrected chi connectivity index (χ1v) is 16.2. The number of aromatic amines is 1. The highest BCUT2D eigenvalue weighted by atomic mass is 16.4. The Kier molecular flexibility index (Phi) is 8.31. The van der Waals surface area contributed by atoms with Crippen LogP contribution in [-0.2, 0) is 45.0 Å². The van der Waals surface area contributed by atoms with Gasteiger partial charge in [-0.1, -0.05) is 13.8 Å². The molecule has 5 heterocycles. The van der Waals surface area contributed by atoms with Crippen LogP contribution >= 0.6 is 0 Å². The summed E-state index contributed by atoms with van der Waals surface area (Å²) in [6.07, 6.45) is 10.2. The van der Waals surface area contributed by atoms with Crippen molar-refractivity contribution in [2.75, 3.05) is 6.54 Å². The van der Waals surface area contributed by atoms with Crippen LogP contribution in [0.4, 0.5) is 0 Å². The third-order valence-electron chi connectivity index (χ3n) is 9.90. The zero-order valence-corrected chi connectivity index (χ0v) is 26.9. The first-order valence-electron chi connectivity index (χ1n) is 16.2. The number of H-pyrrole nitrogens is 1. The molecule has 10 nitrogen and oxygen atoms in total. The van der Waals surface area contributed by atoms with Crippen LogP contribution in [0.1, 0.15) is 92.9 Å². The number of allylic oxidation sites excluding steroid dienone is 2. The van der Waals surface area contributed by atoms with E-state index in [1.54, 1.807) is 0 Å². The average Bonchev–Trinajstić information content (AvgIpc) is 3.57. The van der Waals surface area contributed by atoms with Crippen molar-refractivity contribution in [1.29, 1.82) is 0 Å². The summed E-state index contributed by atoms with van der Waals surface area (Å²) in [5.41, 5.74) is 10.8. The summed E-state index contributed by atoms with van der Waals surface area (Å²) in [4.78, 5) is 59.1. The van der Waals surface area contributed by atoms with Gasteiger partial charge in [0.05, 0.1) is 5.71 Å². The van der Waals surface area contributed by atoms with Gasteiger partial charge < -0.3 is 24.7 Å². The third-order valence-corrected chi connectivity index (χ3v) is 9.90. The Hall–Kier alpha value is -4.73. The number of fused-ring (bicyclic) bond motifs is 4. The predicted molar refractivity (Wildman–Crippen MR) is 175 cm³/mol. The maximum atomic E-state index is 13.2.